The fraction of sp³-hybridized carbons (Fsp3) is 0.353. The molecule has 0 saturated carbocycles. The molecule has 0 aliphatic carbocycles. The van der Waals surface area contributed by atoms with E-state index in [1.807, 2.05) is 0 Å². The number of aromatic nitrogens is 1. The third kappa shape index (κ3) is 5.10. The van der Waals surface area contributed by atoms with E-state index in [2.05, 4.69) is 10.3 Å². The Balaban J connectivity index is 2.36. The molecule has 1 aliphatic rings. The van der Waals surface area contributed by atoms with Crippen molar-refractivity contribution in [2.75, 3.05) is 18.0 Å². The standard InChI is InChI=1S/C17H19F2N3O3/c1-17(2,3)25-16(24)22(9-11-4-13(18)8-20-6-11)15-14(19)5-12(10-23)7-21-15/h4-5,7-8,10,20H,6,9H2,1-3H3. The number of dihydropyridines is 1. The van der Waals surface area contributed by atoms with Crippen LogP contribution in [-0.2, 0) is 4.74 Å². The normalized spacial score (nSPS) is 14.1. The van der Waals surface area contributed by atoms with Gasteiger partial charge in [0.05, 0.1) is 6.54 Å². The summed E-state index contributed by atoms with van der Waals surface area (Å²) >= 11 is 0. The van der Waals surface area contributed by atoms with Gasteiger partial charge in [-0.1, -0.05) is 0 Å². The van der Waals surface area contributed by atoms with Gasteiger partial charge in [-0.05, 0) is 38.5 Å². The van der Waals surface area contributed by atoms with Gasteiger partial charge in [-0.15, -0.1) is 0 Å². The monoisotopic (exact) mass is 351 g/mol. The Kier molecular flexibility index (Phi) is 5.51. The maximum Gasteiger partial charge on any atom is 0.416 e. The number of aldehydes is 1. The highest BCUT2D eigenvalue weighted by Crippen LogP contribution is 2.22. The molecule has 0 aromatic carbocycles. The van der Waals surface area contributed by atoms with E-state index in [-0.39, 0.29) is 17.9 Å². The van der Waals surface area contributed by atoms with Gasteiger partial charge in [0.15, 0.2) is 17.9 Å². The summed E-state index contributed by atoms with van der Waals surface area (Å²) in [5.41, 5.74) is -0.261. The minimum absolute atomic E-state index is 0.0397. The van der Waals surface area contributed by atoms with Crippen molar-refractivity contribution in [3.63, 3.8) is 0 Å². The number of nitrogens with zero attached hydrogens (tertiary/aromatic N) is 2. The Hall–Kier alpha value is -2.77. The molecule has 6 nitrogen and oxygen atoms in total. The summed E-state index contributed by atoms with van der Waals surface area (Å²) in [4.78, 5) is 28.1. The lowest BCUT2D eigenvalue weighted by atomic mass is 10.1. The van der Waals surface area contributed by atoms with Crippen LogP contribution in [0.15, 0.2) is 35.9 Å². The zero-order valence-corrected chi connectivity index (χ0v) is 14.2. The van der Waals surface area contributed by atoms with Crippen LogP contribution in [0.5, 0.6) is 0 Å². The predicted octanol–water partition coefficient (Wildman–Crippen LogP) is 3.12. The molecule has 0 unspecified atom stereocenters. The molecule has 1 aromatic heterocycles. The van der Waals surface area contributed by atoms with Crippen molar-refractivity contribution in [1.82, 2.24) is 10.3 Å². The van der Waals surface area contributed by atoms with Crippen LogP contribution < -0.4 is 10.2 Å². The summed E-state index contributed by atoms with van der Waals surface area (Å²) in [6.07, 6.45) is 3.22. The van der Waals surface area contributed by atoms with Crippen molar-refractivity contribution in [2.45, 2.75) is 26.4 Å². The molecule has 8 heteroatoms. The zero-order chi connectivity index (χ0) is 18.6. The fourth-order valence-electron chi connectivity index (χ4n) is 2.12. The van der Waals surface area contributed by atoms with Gasteiger partial charge in [-0.25, -0.2) is 18.6 Å². The van der Waals surface area contributed by atoms with Gasteiger partial charge in [0, 0.05) is 24.5 Å². The first-order valence-corrected chi connectivity index (χ1v) is 7.59. The third-order valence-electron chi connectivity index (χ3n) is 3.12. The highest BCUT2D eigenvalue weighted by Gasteiger charge is 2.27. The SMILES string of the molecule is CC(C)(C)OC(=O)N(CC1=CC(F)=CNC1)c1ncc(C=O)cc1F. The van der Waals surface area contributed by atoms with Crippen LogP contribution in [0.2, 0.25) is 0 Å². The number of hydrogen-bond acceptors (Lipinski definition) is 5. The van der Waals surface area contributed by atoms with Crippen molar-refractivity contribution in [1.29, 1.82) is 0 Å². The van der Waals surface area contributed by atoms with Gasteiger partial charge in [0.25, 0.3) is 0 Å². The molecule has 134 valence electrons. The molecule has 1 aromatic rings. The van der Waals surface area contributed by atoms with Crippen LogP contribution in [0, 0.1) is 5.82 Å². The number of nitrogens with one attached hydrogen (secondary N) is 1. The lowest BCUT2D eigenvalue weighted by Gasteiger charge is -2.28. The predicted molar refractivity (Wildman–Crippen MR) is 88.4 cm³/mol. The second-order valence-electron chi connectivity index (χ2n) is 6.47. The van der Waals surface area contributed by atoms with E-state index < -0.39 is 23.3 Å². The number of anilines is 1. The van der Waals surface area contributed by atoms with E-state index >= 15 is 0 Å². The smallest absolute Gasteiger partial charge is 0.416 e. The number of carbonyl (C=O) groups is 2. The summed E-state index contributed by atoms with van der Waals surface area (Å²) in [7, 11) is 0. The van der Waals surface area contributed by atoms with Crippen LogP contribution in [0.25, 0.3) is 0 Å². The van der Waals surface area contributed by atoms with E-state index in [9.17, 15) is 18.4 Å². The molecule has 2 heterocycles. The van der Waals surface area contributed by atoms with Crippen molar-refractivity contribution in [3.8, 4) is 0 Å². The number of pyridine rings is 1. The number of rotatable bonds is 4. The average molecular weight is 351 g/mol. The molecule has 2 rings (SSSR count). The van der Waals surface area contributed by atoms with Gasteiger partial charge in [0.1, 0.15) is 11.4 Å². The Morgan fingerprint density at radius 3 is 2.72 bits per heavy atom. The van der Waals surface area contributed by atoms with E-state index in [1.165, 1.54) is 12.3 Å². The second kappa shape index (κ2) is 7.42. The van der Waals surface area contributed by atoms with Crippen LogP contribution in [0.3, 0.4) is 0 Å². The number of halogens is 2. The number of allylic oxidation sites excluding steroid dienone is 2. The quantitative estimate of drug-likeness (QED) is 0.844. The molecule has 1 aliphatic heterocycles. The first kappa shape index (κ1) is 18.6. The molecule has 0 bridgehead atoms. The lowest BCUT2D eigenvalue weighted by molar-refractivity contribution is 0.0580. The van der Waals surface area contributed by atoms with Crippen molar-refractivity contribution in [2.24, 2.45) is 0 Å². The molecule has 1 N–H and O–H groups in total. The Labute approximate surface area is 144 Å². The highest BCUT2D eigenvalue weighted by atomic mass is 19.1. The number of hydrogen-bond donors (Lipinski definition) is 1. The Bertz CT molecular complexity index is 739. The summed E-state index contributed by atoms with van der Waals surface area (Å²) in [5, 5.41) is 2.72. The molecule has 25 heavy (non-hydrogen) atoms. The molecule has 0 radical (unpaired) electrons. The van der Waals surface area contributed by atoms with Gasteiger partial charge in [-0.2, -0.15) is 0 Å². The molecule has 0 fully saturated rings. The van der Waals surface area contributed by atoms with Crippen LogP contribution in [0.4, 0.5) is 19.4 Å². The Morgan fingerprint density at radius 1 is 1.44 bits per heavy atom. The summed E-state index contributed by atoms with van der Waals surface area (Å²) in [6.45, 7) is 5.19. The van der Waals surface area contributed by atoms with E-state index in [0.29, 0.717) is 18.4 Å². The summed E-state index contributed by atoms with van der Waals surface area (Å²) in [6, 6.07) is 0.973. The minimum atomic E-state index is -0.851. The highest BCUT2D eigenvalue weighted by molar-refractivity contribution is 5.88. The van der Waals surface area contributed by atoms with Crippen LogP contribution in [-0.4, -0.2) is 36.1 Å². The maximum absolute atomic E-state index is 14.3. The van der Waals surface area contributed by atoms with Crippen molar-refractivity contribution >= 4 is 18.2 Å². The van der Waals surface area contributed by atoms with Crippen LogP contribution >= 0.6 is 0 Å². The molecular formula is C17H19F2N3O3. The number of ether oxygens (including phenoxy) is 1. The van der Waals surface area contributed by atoms with E-state index in [0.717, 1.165) is 17.2 Å². The maximum atomic E-state index is 14.3. The topological polar surface area (TPSA) is 71.5 Å². The largest absolute Gasteiger partial charge is 0.443 e. The minimum Gasteiger partial charge on any atom is -0.443 e. The van der Waals surface area contributed by atoms with Gasteiger partial charge in [-0.3, -0.25) is 9.69 Å². The molecular weight excluding hydrogens is 332 g/mol. The molecule has 0 saturated heterocycles. The lowest BCUT2D eigenvalue weighted by Crippen LogP contribution is -2.40. The van der Waals surface area contributed by atoms with Gasteiger partial charge in [0.2, 0.25) is 0 Å². The third-order valence-corrected chi connectivity index (χ3v) is 3.12. The van der Waals surface area contributed by atoms with Crippen molar-refractivity contribution < 1.29 is 23.1 Å². The summed E-state index contributed by atoms with van der Waals surface area (Å²) in [5.74, 6) is -1.65. The van der Waals surface area contributed by atoms with Gasteiger partial charge >= 0.3 is 6.09 Å². The molecule has 1 amide bonds. The fourth-order valence-corrected chi connectivity index (χ4v) is 2.12. The van der Waals surface area contributed by atoms with Crippen LogP contribution in [0.1, 0.15) is 31.1 Å². The zero-order valence-electron chi connectivity index (χ0n) is 14.2. The first-order chi connectivity index (χ1) is 11.7. The number of amides is 1. The first-order valence-electron chi connectivity index (χ1n) is 7.59. The Morgan fingerprint density at radius 2 is 2.16 bits per heavy atom. The van der Waals surface area contributed by atoms with Crippen molar-refractivity contribution in [3.05, 3.63) is 47.3 Å². The molecule has 0 spiro atoms. The second-order valence-corrected chi connectivity index (χ2v) is 6.47. The average Bonchev–Trinajstić information content (AvgIpc) is 2.51. The van der Waals surface area contributed by atoms with E-state index in [4.69, 9.17) is 4.74 Å². The summed E-state index contributed by atoms with van der Waals surface area (Å²) < 4.78 is 33.0. The van der Waals surface area contributed by atoms with Gasteiger partial charge < -0.3 is 10.1 Å². The number of carbonyl (C=O) groups excluding carboxylic acids is 2. The molecule has 0 atom stereocenters. The van der Waals surface area contributed by atoms with E-state index in [1.54, 1.807) is 20.8 Å².